The molecule has 2 aromatic heterocycles. The summed E-state index contributed by atoms with van der Waals surface area (Å²) in [6.45, 7) is 3.29. The van der Waals surface area contributed by atoms with Crippen LogP contribution in [0.25, 0.3) is 11.2 Å². The molecule has 2 fully saturated rings. The van der Waals surface area contributed by atoms with Gasteiger partial charge in [0.1, 0.15) is 5.52 Å². The van der Waals surface area contributed by atoms with E-state index in [1.807, 2.05) is 9.58 Å². The molecule has 28 heavy (non-hydrogen) atoms. The number of hydrogen-bond acceptors (Lipinski definition) is 5. The molecule has 1 saturated heterocycles. The largest absolute Gasteiger partial charge is 0.342 e. The first-order chi connectivity index (χ1) is 13.6. The maximum absolute atomic E-state index is 12.7. The normalized spacial score (nSPS) is 20.7. The van der Waals surface area contributed by atoms with E-state index in [1.165, 1.54) is 25.7 Å². The molecule has 152 valence electrons. The van der Waals surface area contributed by atoms with E-state index >= 15 is 0 Å². The van der Waals surface area contributed by atoms with Gasteiger partial charge in [-0.15, -0.1) is 0 Å². The molecule has 1 amide bonds. The van der Waals surface area contributed by atoms with Crippen molar-refractivity contribution in [3.05, 3.63) is 18.1 Å². The van der Waals surface area contributed by atoms with Crippen molar-refractivity contribution in [1.29, 1.82) is 0 Å². The SMILES string of the molecule is CN(C)CCn1nc([C@H]2CCN(C(=O)CCC3CCCC3)C2)c2nccnc21. The summed E-state index contributed by atoms with van der Waals surface area (Å²) in [5.41, 5.74) is 2.75. The summed E-state index contributed by atoms with van der Waals surface area (Å²) in [6, 6.07) is 0. The average molecular weight is 385 g/mol. The second-order valence-electron chi connectivity index (χ2n) is 8.65. The summed E-state index contributed by atoms with van der Waals surface area (Å²) in [7, 11) is 4.12. The van der Waals surface area contributed by atoms with Gasteiger partial charge in [-0.3, -0.25) is 4.79 Å². The van der Waals surface area contributed by atoms with E-state index in [0.29, 0.717) is 12.3 Å². The Morgan fingerprint density at radius 2 is 1.96 bits per heavy atom. The van der Waals surface area contributed by atoms with Crippen LogP contribution < -0.4 is 0 Å². The molecule has 0 N–H and O–H groups in total. The molecule has 1 aliphatic heterocycles. The van der Waals surface area contributed by atoms with E-state index in [9.17, 15) is 4.79 Å². The molecule has 0 unspecified atom stereocenters. The Kier molecular flexibility index (Phi) is 5.90. The maximum atomic E-state index is 12.7. The number of likely N-dealkylation sites (N-methyl/N-ethyl adjacent to an activating group) is 1. The summed E-state index contributed by atoms with van der Waals surface area (Å²) in [6.07, 6.45) is 11.5. The number of hydrogen-bond donors (Lipinski definition) is 0. The van der Waals surface area contributed by atoms with Crippen LogP contribution in [0.4, 0.5) is 0 Å². The molecule has 0 bridgehead atoms. The molecule has 0 radical (unpaired) electrons. The fourth-order valence-electron chi connectivity index (χ4n) is 4.65. The summed E-state index contributed by atoms with van der Waals surface area (Å²) in [5, 5.41) is 4.87. The third-order valence-corrected chi connectivity index (χ3v) is 6.32. The number of nitrogens with zero attached hydrogens (tertiary/aromatic N) is 6. The lowest BCUT2D eigenvalue weighted by atomic mass is 10.0. The Morgan fingerprint density at radius 3 is 2.75 bits per heavy atom. The molecule has 1 saturated carbocycles. The lowest BCUT2D eigenvalue weighted by molar-refractivity contribution is -0.130. The van der Waals surface area contributed by atoms with Crippen LogP contribution in [0.1, 0.15) is 56.6 Å². The highest BCUT2D eigenvalue weighted by atomic mass is 16.2. The van der Waals surface area contributed by atoms with Crippen molar-refractivity contribution in [1.82, 2.24) is 29.5 Å². The van der Waals surface area contributed by atoms with Crippen LogP contribution >= 0.6 is 0 Å². The molecule has 3 heterocycles. The third kappa shape index (κ3) is 4.19. The Morgan fingerprint density at radius 1 is 1.18 bits per heavy atom. The van der Waals surface area contributed by atoms with E-state index in [2.05, 4.69) is 29.0 Å². The molecule has 7 nitrogen and oxygen atoms in total. The van der Waals surface area contributed by atoms with Crippen molar-refractivity contribution in [2.45, 2.75) is 57.4 Å². The maximum Gasteiger partial charge on any atom is 0.222 e. The Balaban J connectivity index is 1.43. The number of carbonyl (C=O) groups is 1. The van der Waals surface area contributed by atoms with E-state index in [1.54, 1.807) is 12.4 Å². The lowest BCUT2D eigenvalue weighted by Crippen LogP contribution is -2.28. The first kappa shape index (κ1) is 19.3. The van der Waals surface area contributed by atoms with Crippen LogP contribution in [0.15, 0.2) is 12.4 Å². The van der Waals surface area contributed by atoms with E-state index in [-0.39, 0.29) is 5.92 Å². The topological polar surface area (TPSA) is 67.2 Å². The number of aromatic nitrogens is 4. The van der Waals surface area contributed by atoms with Crippen molar-refractivity contribution >= 4 is 17.1 Å². The molecular weight excluding hydrogens is 352 g/mol. The molecule has 1 atom stereocenters. The van der Waals surface area contributed by atoms with Gasteiger partial charge < -0.3 is 9.80 Å². The minimum Gasteiger partial charge on any atom is -0.342 e. The zero-order valence-electron chi connectivity index (χ0n) is 17.2. The number of amides is 1. The van der Waals surface area contributed by atoms with Gasteiger partial charge in [0.2, 0.25) is 5.91 Å². The number of fused-ring (bicyclic) bond motifs is 1. The van der Waals surface area contributed by atoms with Crippen LogP contribution in [0.2, 0.25) is 0 Å². The molecule has 4 rings (SSSR count). The van der Waals surface area contributed by atoms with Crippen LogP contribution in [-0.2, 0) is 11.3 Å². The van der Waals surface area contributed by atoms with Crippen molar-refractivity contribution in [2.24, 2.45) is 5.92 Å². The van der Waals surface area contributed by atoms with Gasteiger partial charge in [-0.1, -0.05) is 25.7 Å². The van der Waals surface area contributed by atoms with Crippen LogP contribution in [0.3, 0.4) is 0 Å². The first-order valence-corrected chi connectivity index (χ1v) is 10.7. The van der Waals surface area contributed by atoms with Crippen LogP contribution in [-0.4, -0.2) is 69.2 Å². The monoisotopic (exact) mass is 384 g/mol. The molecule has 2 aromatic rings. The van der Waals surface area contributed by atoms with E-state index in [4.69, 9.17) is 5.10 Å². The highest BCUT2D eigenvalue weighted by Gasteiger charge is 2.31. The predicted octanol–water partition coefficient (Wildman–Crippen LogP) is 2.67. The van der Waals surface area contributed by atoms with Gasteiger partial charge >= 0.3 is 0 Å². The minimum absolute atomic E-state index is 0.259. The lowest BCUT2D eigenvalue weighted by Gasteiger charge is -2.17. The summed E-state index contributed by atoms with van der Waals surface area (Å²) in [4.78, 5) is 26.0. The van der Waals surface area contributed by atoms with Crippen molar-refractivity contribution in [3.63, 3.8) is 0 Å². The van der Waals surface area contributed by atoms with Gasteiger partial charge in [-0.2, -0.15) is 5.10 Å². The number of rotatable bonds is 7. The average Bonchev–Trinajstić information content (AvgIpc) is 3.43. The fourth-order valence-corrected chi connectivity index (χ4v) is 4.65. The smallest absolute Gasteiger partial charge is 0.222 e. The van der Waals surface area contributed by atoms with Gasteiger partial charge in [0.15, 0.2) is 5.65 Å². The minimum atomic E-state index is 0.259. The third-order valence-electron chi connectivity index (χ3n) is 6.32. The van der Waals surface area contributed by atoms with Gasteiger partial charge in [-0.25, -0.2) is 14.6 Å². The zero-order chi connectivity index (χ0) is 19.5. The number of carbonyl (C=O) groups excluding carboxylic acids is 1. The molecule has 1 aliphatic carbocycles. The molecule has 0 spiro atoms. The van der Waals surface area contributed by atoms with Crippen molar-refractivity contribution in [2.75, 3.05) is 33.7 Å². The standard InChI is InChI=1S/C21H32N6O/c1-25(2)13-14-27-21-20(22-10-11-23-21)19(24-27)17-9-12-26(15-17)18(28)8-7-16-5-3-4-6-16/h10-11,16-17H,3-9,12-15H2,1-2H3/t17-/m0/s1. The van der Waals surface area contributed by atoms with E-state index in [0.717, 1.165) is 61.8 Å². The highest BCUT2D eigenvalue weighted by molar-refractivity contribution is 5.77. The second kappa shape index (κ2) is 8.55. The zero-order valence-corrected chi connectivity index (χ0v) is 17.2. The van der Waals surface area contributed by atoms with Crippen molar-refractivity contribution in [3.8, 4) is 0 Å². The summed E-state index contributed by atoms with van der Waals surface area (Å²) in [5.74, 6) is 1.35. The Hall–Kier alpha value is -2.02. The van der Waals surface area contributed by atoms with Gasteiger partial charge in [-0.05, 0) is 32.9 Å². The summed E-state index contributed by atoms with van der Waals surface area (Å²) < 4.78 is 1.97. The summed E-state index contributed by atoms with van der Waals surface area (Å²) >= 11 is 0. The quantitative estimate of drug-likeness (QED) is 0.734. The Labute approximate surface area is 167 Å². The molecule has 0 aromatic carbocycles. The fraction of sp³-hybridized carbons (Fsp3) is 0.714. The predicted molar refractivity (Wildman–Crippen MR) is 109 cm³/mol. The molecule has 2 aliphatic rings. The van der Waals surface area contributed by atoms with Crippen molar-refractivity contribution < 1.29 is 4.79 Å². The Bertz CT molecular complexity index is 810. The van der Waals surface area contributed by atoms with Gasteiger partial charge in [0.25, 0.3) is 0 Å². The second-order valence-corrected chi connectivity index (χ2v) is 8.65. The van der Waals surface area contributed by atoms with Gasteiger partial charge in [0, 0.05) is 44.4 Å². The molecular formula is C21H32N6O. The number of likely N-dealkylation sites (tertiary alicyclic amines) is 1. The highest BCUT2D eigenvalue weighted by Crippen LogP contribution is 2.32. The first-order valence-electron chi connectivity index (χ1n) is 10.7. The molecule has 7 heteroatoms. The van der Waals surface area contributed by atoms with Crippen LogP contribution in [0.5, 0.6) is 0 Å². The van der Waals surface area contributed by atoms with Crippen LogP contribution in [0, 0.1) is 5.92 Å². The van der Waals surface area contributed by atoms with E-state index < -0.39 is 0 Å². The van der Waals surface area contributed by atoms with Gasteiger partial charge in [0.05, 0.1) is 12.2 Å².